The lowest BCUT2D eigenvalue weighted by atomic mass is 10.1. The van der Waals surface area contributed by atoms with Crippen LogP contribution in [0.4, 0.5) is 5.82 Å². The van der Waals surface area contributed by atoms with Crippen LogP contribution in [0.2, 0.25) is 0 Å². The van der Waals surface area contributed by atoms with Crippen LogP contribution in [0.1, 0.15) is 20.7 Å². The summed E-state index contributed by atoms with van der Waals surface area (Å²) in [5.41, 5.74) is 0.699. The molecule has 0 saturated carbocycles. The molecular weight excluding hydrogens is 246 g/mol. The van der Waals surface area contributed by atoms with Gasteiger partial charge < -0.3 is 10.1 Å². The van der Waals surface area contributed by atoms with Gasteiger partial charge in [0, 0.05) is 24.9 Å². The summed E-state index contributed by atoms with van der Waals surface area (Å²) in [7, 11) is 3.05. The fraction of sp³-hybridized carbons (Fsp3) is 0.154. The Morgan fingerprint density at radius 2 is 2.00 bits per heavy atom. The van der Waals surface area contributed by atoms with E-state index in [4.69, 9.17) is 0 Å². The number of methoxy groups -OCH3 is 1. The molecule has 0 fully saturated rings. The number of hydrogen-bond donors (Lipinski definition) is 1. The lowest BCUT2D eigenvalue weighted by Gasteiger charge is -2.04. The Kier molecular flexibility index (Phi) is 3.61. The van der Waals surface area contributed by atoms with Gasteiger partial charge in [0.05, 0.1) is 12.7 Å². The van der Waals surface area contributed by atoms with E-state index in [1.165, 1.54) is 13.2 Å². The van der Waals surface area contributed by atoms with Gasteiger partial charge in [0.2, 0.25) is 0 Å². The molecule has 0 radical (unpaired) electrons. The SMILES string of the molecule is COC(=O)c1cccc(C(=O)Nc2ccn(C)n2)c1. The predicted octanol–water partition coefficient (Wildman–Crippen LogP) is 1.46. The number of benzene rings is 1. The molecule has 98 valence electrons. The lowest BCUT2D eigenvalue weighted by molar-refractivity contribution is 0.0600. The second-order valence-electron chi connectivity index (χ2n) is 3.90. The molecule has 1 aromatic heterocycles. The van der Waals surface area contributed by atoms with Crippen molar-refractivity contribution >= 4 is 17.7 Å². The quantitative estimate of drug-likeness (QED) is 0.847. The summed E-state index contributed by atoms with van der Waals surface area (Å²) < 4.78 is 6.19. The van der Waals surface area contributed by atoms with Crippen molar-refractivity contribution in [1.82, 2.24) is 9.78 Å². The van der Waals surface area contributed by atoms with E-state index in [1.54, 1.807) is 42.2 Å². The van der Waals surface area contributed by atoms with E-state index in [1.807, 2.05) is 0 Å². The normalized spacial score (nSPS) is 10.0. The monoisotopic (exact) mass is 259 g/mol. The molecule has 6 heteroatoms. The number of hydrogen-bond acceptors (Lipinski definition) is 4. The molecule has 19 heavy (non-hydrogen) atoms. The standard InChI is InChI=1S/C13H13N3O3/c1-16-7-6-11(15-16)14-12(17)9-4-3-5-10(8-9)13(18)19-2/h3-8H,1-2H3,(H,14,15,17). The molecule has 1 N–H and O–H groups in total. The maximum atomic E-state index is 12.0. The van der Waals surface area contributed by atoms with E-state index in [0.29, 0.717) is 16.9 Å². The first-order valence-corrected chi connectivity index (χ1v) is 5.59. The second kappa shape index (κ2) is 5.34. The van der Waals surface area contributed by atoms with E-state index in [2.05, 4.69) is 15.2 Å². The fourth-order valence-electron chi connectivity index (χ4n) is 1.58. The summed E-state index contributed by atoms with van der Waals surface area (Å²) in [5.74, 6) is -0.354. The Labute approximate surface area is 110 Å². The van der Waals surface area contributed by atoms with Gasteiger partial charge >= 0.3 is 5.97 Å². The summed E-state index contributed by atoms with van der Waals surface area (Å²) in [4.78, 5) is 23.4. The van der Waals surface area contributed by atoms with Crippen LogP contribution >= 0.6 is 0 Å². The number of ether oxygens (including phenoxy) is 1. The zero-order chi connectivity index (χ0) is 13.8. The van der Waals surface area contributed by atoms with E-state index >= 15 is 0 Å². The van der Waals surface area contributed by atoms with Crippen LogP contribution in [0.5, 0.6) is 0 Å². The number of amides is 1. The average molecular weight is 259 g/mol. The number of aromatic nitrogens is 2. The van der Waals surface area contributed by atoms with Crippen molar-refractivity contribution < 1.29 is 14.3 Å². The molecule has 0 aliphatic rings. The number of nitrogens with zero attached hydrogens (tertiary/aromatic N) is 2. The molecule has 0 spiro atoms. The van der Waals surface area contributed by atoms with Crippen LogP contribution < -0.4 is 5.32 Å². The van der Waals surface area contributed by atoms with Gasteiger partial charge in [-0.15, -0.1) is 0 Å². The van der Waals surface area contributed by atoms with Crippen molar-refractivity contribution in [3.05, 3.63) is 47.7 Å². The zero-order valence-corrected chi connectivity index (χ0v) is 10.6. The first-order valence-electron chi connectivity index (χ1n) is 5.59. The third kappa shape index (κ3) is 2.98. The van der Waals surface area contributed by atoms with Gasteiger partial charge in [-0.3, -0.25) is 9.48 Å². The molecule has 6 nitrogen and oxygen atoms in total. The zero-order valence-electron chi connectivity index (χ0n) is 10.6. The third-order valence-corrected chi connectivity index (χ3v) is 2.50. The molecule has 0 unspecified atom stereocenters. The lowest BCUT2D eigenvalue weighted by Crippen LogP contribution is -2.13. The van der Waals surface area contributed by atoms with Crippen LogP contribution in [0.15, 0.2) is 36.5 Å². The molecule has 0 bridgehead atoms. The number of nitrogens with one attached hydrogen (secondary N) is 1. The maximum Gasteiger partial charge on any atom is 0.337 e. The largest absolute Gasteiger partial charge is 0.465 e. The van der Waals surface area contributed by atoms with Crippen molar-refractivity contribution in [2.45, 2.75) is 0 Å². The third-order valence-electron chi connectivity index (χ3n) is 2.50. The molecule has 0 aliphatic carbocycles. The minimum absolute atomic E-state index is 0.329. The van der Waals surface area contributed by atoms with E-state index in [9.17, 15) is 9.59 Å². The average Bonchev–Trinajstić information content (AvgIpc) is 2.83. The molecule has 1 heterocycles. The Balaban J connectivity index is 2.17. The van der Waals surface area contributed by atoms with Gasteiger partial charge in [0.15, 0.2) is 5.82 Å². The Hall–Kier alpha value is -2.63. The number of carbonyl (C=O) groups is 2. The van der Waals surface area contributed by atoms with Crippen molar-refractivity contribution in [2.24, 2.45) is 7.05 Å². The summed E-state index contributed by atoms with van der Waals surface area (Å²) in [6.07, 6.45) is 1.72. The molecule has 1 amide bonds. The van der Waals surface area contributed by atoms with Gasteiger partial charge in [-0.1, -0.05) is 6.07 Å². The minimum atomic E-state index is -0.479. The highest BCUT2D eigenvalue weighted by atomic mass is 16.5. The molecule has 0 atom stereocenters. The van der Waals surface area contributed by atoms with Crippen LogP contribution in [0.25, 0.3) is 0 Å². The van der Waals surface area contributed by atoms with Gasteiger partial charge in [0.25, 0.3) is 5.91 Å². The number of rotatable bonds is 3. The van der Waals surface area contributed by atoms with Gasteiger partial charge in [-0.25, -0.2) is 4.79 Å². The van der Waals surface area contributed by atoms with Gasteiger partial charge in [-0.05, 0) is 18.2 Å². The molecule has 1 aromatic carbocycles. The van der Waals surface area contributed by atoms with Crippen LogP contribution in [0.3, 0.4) is 0 Å². The molecule has 2 aromatic rings. The van der Waals surface area contributed by atoms with Gasteiger partial charge in [0.1, 0.15) is 0 Å². The number of aryl methyl sites for hydroxylation is 1. The first kappa shape index (κ1) is 12.8. The Morgan fingerprint density at radius 3 is 2.63 bits per heavy atom. The van der Waals surface area contributed by atoms with E-state index in [0.717, 1.165) is 0 Å². The molecular formula is C13H13N3O3. The Bertz CT molecular complexity index is 619. The predicted molar refractivity (Wildman–Crippen MR) is 68.9 cm³/mol. The smallest absolute Gasteiger partial charge is 0.337 e. The highest BCUT2D eigenvalue weighted by molar-refractivity contribution is 6.05. The fourth-order valence-corrected chi connectivity index (χ4v) is 1.58. The minimum Gasteiger partial charge on any atom is -0.465 e. The van der Waals surface area contributed by atoms with Crippen molar-refractivity contribution in [2.75, 3.05) is 12.4 Å². The van der Waals surface area contributed by atoms with E-state index in [-0.39, 0.29) is 5.91 Å². The number of esters is 1. The number of carbonyl (C=O) groups excluding carboxylic acids is 2. The number of anilines is 1. The highest BCUT2D eigenvalue weighted by Crippen LogP contribution is 2.09. The van der Waals surface area contributed by atoms with Gasteiger partial charge in [-0.2, -0.15) is 5.10 Å². The van der Waals surface area contributed by atoms with Crippen LogP contribution in [-0.2, 0) is 11.8 Å². The van der Waals surface area contributed by atoms with Crippen LogP contribution in [-0.4, -0.2) is 28.8 Å². The summed E-state index contributed by atoms with van der Waals surface area (Å²) in [6, 6.07) is 7.99. The Morgan fingerprint density at radius 1 is 1.26 bits per heavy atom. The van der Waals surface area contributed by atoms with Crippen molar-refractivity contribution in [1.29, 1.82) is 0 Å². The molecule has 0 aliphatic heterocycles. The second-order valence-corrected chi connectivity index (χ2v) is 3.90. The first-order chi connectivity index (χ1) is 9.10. The van der Waals surface area contributed by atoms with E-state index < -0.39 is 5.97 Å². The highest BCUT2D eigenvalue weighted by Gasteiger charge is 2.11. The molecule has 2 rings (SSSR count). The van der Waals surface area contributed by atoms with Crippen LogP contribution in [0, 0.1) is 0 Å². The topological polar surface area (TPSA) is 73.2 Å². The maximum absolute atomic E-state index is 12.0. The summed E-state index contributed by atoms with van der Waals surface area (Å²) in [5, 5.41) is 6.68. The van der Waals surface area contributed by atoms with Crippen molar-refractivity contribution in [3.63, 3.8) is 0 Å². The molecule has 0 saturated heterocycles. The summed E-state index contributed by atoms with van der Waals surface area (Å²) in [6.45, 7) is 0. The van der Waals surface area contributed by atoms with Crippen molar-refractivity contribution in [3.8, 4) is 0 Å². The summed E-state index contributed by atoms with van der Waals surface area (Å²) >= 11 is 0.